The molecule has 0 rings (SSSR count). The predicted molar refractivity (Wildman–Crippen MR) is 36.7 cm³/mol. The standard InChI is InChI=1S/C5H10O3S/c1-5(2,9)8-3-4(6)7/h9H,3H2,1-2H3,(H,6,7). The van der Waals surface area contributed by atoms with Crippen molar-refractivity contribution in [2.24, 2.45) is 0 Å². The lowest BCUT2D eigenvalue weighted by atomic mass is 10.5. The van der Waals surface area contributed by atoms with Gasteiger partial charge in [0.15, 0.2) is 0 Å². The second-order valence-electron chi connectivity index (χ2n) is 2.13. The van der Waals surface area contributed by atoms with Crippen molar-refractivity contribution in [3.63, 3.8) is 0 Å². The van der Waals surface area contributed by atoms with Gasteiger partial charge in [0, 0.05) is 0 Å². The molecule has 0 aromatic heterocycles. The van der Waals surface area contributed by atoms with Gasteiger partial charge in [-0.2, -0.15) is 0 Å². The molecule has 0 aromatic carbocycles. The zero-order valence-electron chi connectivity index (χ0n) is 5.42. The first kappa shape index (κ1) is 8.78. The van der Waals surface area contributed by atoms with Crippen LogP contribution in [0.1, 0.15) is 13.8 Å². The highest BCUT2D eigenvalue weighted by atomic mass is 32.1. The van der Waals surface area contributed by atoms with Crippen molar-refractivity contribution >= 4 is 18.6 Å². The molecule has 0 saturated carbocycles. The van der Waals surface area contributed by atoms with Gasteiger partial charge in [0.2, 0.25) is 0 Å². The summed E-state index contributed by atoms with van der Waals surface area (Å²) in [7, 11) is 0. The van der Waals surface area contributed by atoms with Crippen molar-refractivity contribution < 1.29 is 14.6 Å². The third-order valence-corrected chi connectivity index (χ3v) is 0.678. The average Bonchev–Trinajstić information content (AvgIpc) is 1.59. The number of thiol groups is 1. The largest absolute Gasteiger partial charge is 0.480 e. The SMILES string of the molecule is CC(C)(S)OCC(=O)O. The molecule has 0 atom stereocenters. The van der Waals surface area contributed by atoms with Crippen LogP contribution in [0.2, 0.25) is 0 Å². The van der Waals surface area contributed by atoms with Crippen LogP contribution >= 0.6 is 12.6 Å². The Morgan fingerprint density at radius 2 is 2.22 bits per heavy atom. The number of carbonyl (C=O) groups is 1. The third-order valence-electron chi connectivity index (χ3n) is 0.549. The Morgan fingerprint density at radius 3 is 2.33 bits per heavy atom. The summed E-state index contributed by atoms with van der Waals surface area (Å²) in [6, 6.07) is 0. The minimum absolute atomic E-state index is 0.295. The number of carboxylic acids is 1. The molecule has 0 bridgehead atoms. The Morgan fingerprint density at radius 1 is 1.78 bits per heavy atom. The second-order valence-corrected chi connectivity index (χ2v) is 3.21. The van der Waals surface area contributed by atoms with Gasteiger partial charge in [-0.05, 0) is 13.8 Å². The van der Waals surface area contributed by atoms with Gasteiger partial charge in [-0.1, -0.05) is 0 Å². The van der Waals surface area contributed by atoms with E-state index in [0.717, 1.165) is 0 Å². The third kappa shape index (κ3) is 7.78. The molecule has 0 aliphatic rings. The lowest BCUT2D eigenvalue weighted by molar-refractivity contribution is -0.144. The summed E-state index contributed by atoms with van der Waals surface area (Å²) in [4.78, 5) is 9.23. The molecule has 4 heteroatoms. The van der Waals surface area contributed by atoms with Crippen LogP contribution in [-0.4, -0.2) is 22.6 Å². The Hall–Kier alpha value is -0.220. The molecule has 0 fully saturated rings. The Bertz CT molecular complexity index is 105. The molecule has 0 aliphatic heterocycles. The van der Waals surface area contributed by atoms with Crippen LogP contribution in [0.5, 0.6) is 0 Å². The molecule has 3 nitrogen and oxygen atoms in total. The fourth-order valence-corrected chi connectivity index (χ4v) is 0.303. The van der Waals surface area contributed by atoms with Crippen LogP contribution in [0, 0.1) is 0 Å². The van der Waals surface area contributed by atoms with Crippen molar-refractivity contribution in [1.29, 1.82) is 0 Å². The predicted octanol–water partition coefficient (Wildman–Crippen LogP) is 0.754. The molecule has 54 valence electrons. The number of aliphatic carboxylic acids is 1. The zero-order chi connectivity index (χ0) is 7.49. The average molecular weight is 150 g/mol. The van der Waals surface area contributed by atoms with E-state index in [4.69, 9.17) is 9.84 Å². The number of ether oxygens (including phenoxy) is 1. The molecule has 0 saturated heterocycles. The van der Waals surface area contributed by atoms with Gasteiger partial charge in [-0.15, -0.1) is 12.6 Å². The number of carboxylic acid groups (broad SMARTS) is 1. The van der Waals surface area contributed by atoms with E-state index in [1.807, 2.05) is 0 Å². The van der Waals surface area contributed by atoms with E-state index in [0.29, 0.717) is 0 Å². The van der Waals surface area contributed by atoms with Gasteiger partial charge in [0.25, 0.3) is 0 Å². The van der Waals surface area contributed by atoms with E-state index in [2.05, 4.69) is 12.6 Å². The second kappa shape index (κ2) is 3.08. The molecule has 0 spiro atoms. The molecular formula is C5H10O3S. The molecular weight excluding hydrogens is 140 g/mol. The van der Waals surface area contributed by atoms with Gasteiger partial charge < -0.3 is 9.84 Å². The highest BCUT2D eigenvalue weighted by molar-refractivity contribution is 7.81. The van der Waals surface area contributed by atoms with Crippen LogP contribution in [0.25, 0.3) is 0 Å². The van der Waals surface area contributed by atoms with Gasteiger partial charge in [0.05, 0.1) is 0 Å². The van der Waals surface area contributed by atoms with E-state index >= 15 is 0 Å². The Kier molecular flexibility index (Phi) is 3.00. The van der Waals surface area contributed by atoms with Crippen LogP contribution in [0.3, 0.4) is 0 Å². The van der Waals surface area contributed by atoms with E-state index in [-0.39, 0.29) is 6.61 Å². The van der Waals surface area contributed by atoms with Crippen molar-refractivity contribution in [2.45, 2.75) is 18.8 Å². The zero-order valence-corrected chi connectivity index (χ0v) is 6.31. The minimum atomic E-state index is -0.975. The molecule has 0 heterocycles. The van der Waals surface area contributed by atoms with Gasteiger partial charge in [-0.25, -0.2) is 4.79 Å². The minimum Gasteiger partial charge on any atom is -0.480 e. The quantitative estimate of drug-likeness (QED) is 0.461. The van der Waals surface area contributed by atoms with Crippen LogP contribution in [0.4, 0.5) is 0 Å². The summed E-state index contributed by atoms with van der Waals surface area (Å²) in [5, 5.41) is 8.12. The first-order valence-corrected chi connectivity index (χ1v) is 2.94. The van der Waals surface area contributed by atoms with E-state index in [1.165, 1.54) is 0 Å². The van der Waals surface area contributed by atoms with Crippen molar-refractivity contribution in [2.75, 3.05) is 6.61 Å². The maximum atomic E-state index is 9.89. The van der Waals surface area contributed by atoms with E-state index < -0.39 is 10.9 Å². The Labute approximate surface area is 59.4 Å². The molecule has 0 radical (unpaired) electrons. The summed E-state index contributed by atoms with van der Waals surface area (Å²) >= 11 is 3.94. The van der Waals surface area contributed by atoms with Crippen molar-refractivity contribution in [3.8, 4) is 0 Å². The van der Waals surface area contributed by atoms with Crippen LogP contribution in [0.15, 0.2) is 0 Å². The first-order chi connectivity index (χ1) is 3.92. The maximum absolute atomic E-state index is 9.89. The smallest absolute Gasteiger partial charge is 0.329 e. The summed E-state index contributed by atoms with van der Waals surface area (Å²) < 4.78 is 4.76. The number of hydrogen-bond acceptors (Lipinski definition) is 3. The van der Waals surface area contributed by atoms with E-state index in [9.17, 15) is 4.79 Å². The fraction of sp³-hybridized carbons (Fsp3) is 0.800. The van der Waals surface area contributed by atoms with Gasteiger partial charge in [-0.3, -0.25) is 0 Å². The highest BCUT2D eigenvalue weighted by Gasteiger charge is 2.12. The van der Waals surface area contributed by atoms with Crippen molar-refractivity contribution in [1.82, 2.24) is 0 Å². The van der Waals surface area contributed by atoms with Crippen LogP contribution < -0.4 is 0 Å². The normalized spacial score (nSPS) is 11.4. The first-order valence-electron chi connectivity index (χ1n) is 2.50. The van der Waals surface area contributed by atoms with Crippen LogP contribution in [-0.2, 0) is 9.53 Å². The number of rotatable bonds is 3. The summed E-state index contributed by atoms with van der Waals surface area (Å²) in [5.41, 5.74) is 0. The maximum Gasteiger partial charge on any atom is 0.329 e. The Balaban J connectivity index is 3.39. The molecule has 0 aromatic rings. The molecule has 0 aliphatic carbocycles. The molecule has 0 amide bonds. The lowest BCUT2D eigenvalue weighted by Crippen LogP contribution is -2.20. The summed E-state index contributed by atoms with van der Waals surface area (Å²) in [6.45, 7) is 3.06. The summed E-state index contributed by atoms with van der Waals surface area (Å²) in [5.74, 6) is -0.975. The summed E-state index contributed by atoms with van der Waals surface area (Å²) in [6.07, 6.45) is 0. The molecule has 1 N–H and O–H groups in total. The fourth-order valence-electron chi connectivity index (χ4n) is 0.238. The molecule has 0 unspecified atom stereocenters. The highest BCUT2D eigenvalue weighted by Crippen LogP contribution is 2.12. The van der Waals surface area contributed by atoms with Crippen molar-refractivity contribution in [3.05, 3.63) is 0 Å². The number of hydrogen-bond donors (Lipinski definition) is 2. The monoisotopic (exact) mass is 150 g/mol. The van der Waals surface area contributed by atoms with Gasteiger partial charge >= 0.3 is 5.97 Å². The molecule has 9 heavy (non-hydrogen) atoms. The van der Waals surface area contributed by atoms with Gasteiger partial charge in [0.1, 0.15) is 11.5 Å². The lowest BCUT2D eigenvalue weighted by Gasteiger charge is -2.16. The van der Waals surface area contributed by atoms with E-state index in [1.54, 1.807) is 13.8 Å². The topological polar surface area (TPSA) is 46.5 Å².